The normalized spacial score (nSPS) is 12.6. The van der Waals surface area contributed by atoms with Crippen LogP contribution in [-0.2, 0) is 11.3 Å². The minimum Gasteiger partial charge on any atom is -0.478 e. The lowest BCUT2D eigenvalue weighted by Gasteiger charge is -2.09. The fourth-order valence-electron chi connectivity index (χ4n) is 1.57. The molecule has 1 aromatic rings. The Morgan fingerprint density at radius 1 is 1.65 bits per heavy atom. The molecule has 0 saturated heterocycles. The van der Waals surface area contributed by atoms with E-state index in [0.29, 0.717) is 18.8 Å². The lowest BCUT2D eigenvalue weighted by atomic mass is 10.2. The maximum Gasteiger partial charge on any atom is 0.337 e. The summed E-state index contributed by atoms with van der Waals surface area (Å²) in [6, 6.07) is 1.59. The number of methoxy groups -OCH3 is 1. The Kier molecular flexibility index (Phi) is 5.14. The molecule has 0 aliphatic heterocycles. The molecule has 0 aromatic carbocycles. The summed E-state index contributed by atoms with van der Waals surface area (Å²) < 4.78 is 4.79. The van der Waals surface area contributed by atoms with E-state index in [1.54, 1.807) is 13.0 Å². The van der Waals surface area contributed by atoms with E-state index < -0.39 is 12.1 Å². The number of carboxylic acids is 1. The Morgan fingerprint density at radius 3 is 2.88 bits per heavy atom. The molecule has 6 nitrogen and oxygen atoms in total. The molecule has 1 atom stereocenters. The number of rotatable bonds is 7. The number of hydrogen-bond donors (Lipinski definition) is 4. The zero-order valence-electron chi connectivity index (χ0n) is 9.99. The van der Waals surface area contributed by atoms with Crippen LogP contribution < -0.4 is 5.32 Å². The SMILES string of the molecule is COCC(O)CNCc1cc(C(=O)O)c(C)[nH]1. The number of aromatic nitrogens is 1. The summed E-state index contributed by atoms with van der Waals surface area (Å²) in [6.45, 7) is 2.87. The van der Waals surface area contributed by atoms with Crippen molar-refractivity contribution in [2.75, 3.05) is 20.3 Å². The number of ether oxygens (including phenoxy) is 1. The minimum atomic E-state index is -0.940. The molecule has 17 heavy (non-hydrogen) atoms. The van der Waals surface area contributed by atoms with Crippen molar-refractivity contribution in [2.24, 2.45) is 0 Å². The van der Waals surface area contributed by atoms with Crippen molar-refractivity contribution in [3.05, 3.63) is 23.0 Å². The molecule has 0 fully saturated rings. The molecule has 0 aliphatic carbocycles. The van der Waals surface area contributed by atoms with Gasteiger partial charge in [0.05, 0.1) is 18.3 Å². The summed E-state index contributed by atoms with van der Waals surface area (Å²) in [5, 5.41) is 21.3. The van der Waals surface area contributed by atoms with E-state index in [2.05, 4.69) is 10.3 Å². The fraction of sp³-hybridized carbons (Fsp3) is 0.545. The highest BCUT2D eigenvalue weighted by Crippen LogP contribution is 2.09. The van der Waals surface area contributed by atoms with Crippen LogP contribution >= 0.6 is 0 Å². The highest BCUT2D eigenvalue weighted by atomic mass is 16.5. The Labute approximate surface area is 99.6 Å². The smallest absolute Gasteiger partial charge is 0.337 e. The molecule has 0 aliphatic rings. The molecular weight excluding hydrogens is 224 g/mol. The van der Waals surface area contributed by atoms with E-state index in [1.165, 1.54) is 7.11 Å². The molecule has 0 radical (unpaired) electrons. The van der Waals surface area contributed by atoms with Crippen molar-refractivity contribution in [3.8, 4) is 0 Å². The fourth-order valence-corrected chi connectivity index (χ4v) is 1.57. The predicted octanol–water partition coefficient (Wildman–Crippen LogP) is 0.118. The van der Waals surface area contributed by atoms with E-state index in [4.69, 9.17) is 9.84 Å². The van der Waals surface area contributed by atoms with Crippen LogP contribution in [0, 0.1) is 6.92 Å². The maximum absolute atomic E-state index is 10.8. The van der Waals surface area contributed by atoms with Crippen LogP contribution in [0.3, 0.4) is 0 Å². The van der Waals surface area contributed by atoms with Gasteiger partial charge in [-0.2, -0.15) is 0 Å². The second-order valence-corrected chi connectivity index (χ2v) is 3.88. The minimum absolute atomic E-state index is 0.275. The Bertz CT molecular complexity index is 376. The number of nitrogens with one attached hydrogen (secondary N) is 2. The van der Waals surface area contributed by atoms with E-state index in [0.717, 1.165) is 5.69 Å². The third-order valence-corrected chi connectivity index (χ3v) is 2.36. The molecule has 1 aromatic heterocycles. The molecular formula is C11H18N2O4. The van der Waals surface area contributed by atoms with Crippen molar-refractivity contribution in [2.45, 2.75) is 19.6 Å². The van der Waals surface area contributed by atoms with Crippen LogP contribution in [0.4, 0.5) is 0 Å². The number of hydrogen-bond acceptors (Lipinski definition) is 4. The van der Waals surface area contributed by atoms with Gasteiger partial charge < -0.3 is 25.3 Å². The van der Waals surface area contributed by atoms with Gasteiger partial charge in [0.15, 0.2) is 0 Å². The Morgan fingerprint density at radius 2 is 2.35 bits per heavy atom. The summed E-state index contributed by atoms with van der Waals surface area (Å²) in [6.07, 6.45) is -0.560. The molecule has 1 rings (SSSR count). The number of aromatic amines is 1. The number of aromatic carboxylic acids is 1. The summed E-state index contributed by atoms with van der Waals surface area (Å²) in [5.74, 6) is -0.940. The highest BCUT2D eigenvalue weighted by Gasteiger charge is 2.11. The molecule has 0 amide bonds. The first-order valence-corrected chi connectivity index (χ1v) is 5.34. The van der Waals surface area contributed by atoms with Crippen molar-refractivity contribution in [1.82, 2.24) is 10.3 Å². The molecule has 6 heteroatoms. The van der Waals surface area contributed by atoms with Crippen molar-refractivity contribution >= 4 is 5.97 Å². The lowest BCUT2D eigenvalue weighted by Crippen LogP contribution is -2.29. The van der Waals surface area contributed by atoms with E-state index in [9.17, 15) is 9.90 Å². The first-order chi connectivity index (χ1) is 8.04. The Hall–Kier alpha value is -1.37. The number of aryl methyl sites for hydroxylation is 1. The van der Waals surface area contributed by atoms with Crippen LogP contribution in [0.1, 0.15) is 21.7 Å². The van der Waals surface area contributed by atoms with Gasteiger partial charge in [0, 0.05) is 31.6 Å². The molecule has 4 N–H and O–H groups in total. The quantitative estimate of drug-likeness (QED) is 0.545. The molecule has 0 saturated carbocycles. The number of aliphatic hydroxyl groups excluding tert-OH is 1. The van der Waals surface area contributed by atoms with Gasteiger partial charge >= 0.3 is 5.97 Å². The van der Waals surface area contributed by atoms with Crippen LogP contribution in [0.25, 0.3) is 0 Å². The zero-order valence-corrected chi connectivity index (χ0v) is 9.99. The predicted molar refractivity (Wildman–Crippen MR) is 62.1 cm³/mol. The summed E-state index contributed by atoms with van der Waals surface area (Å²) in [5.41, 5.74) is 1.69. The zero-order chi connectivity index (χ0) is 12.8. The van der Waals surface area contributed by atoms with Crippen LogP contribution in [-0.4, -0.2) is 47.5 Å². The van der Waals surface area contributed by atoms with E-state index in [1.807, 2.05) is 0 Å². The van der Waals surface area contributed by atoms with Crippen LogP contribution in [0.2, 0.25) is 0 Å². The van der Waals surface area contributed by atoms with Gasteiger partial charge in [-0.1, -0.05) is 0 Å². The Balaban J connectivity index is 2.42. The van der Waals surface area contributed by atoms with E-state index >= 15 is 0 Å². The summed E-state index contributed by atoms with van der Waals surface area (Å²) >= 11 is 0. The first kappa shape index (κ1) is 13.7. The second kappa shape index (κ2) is 6.39. The van der Waals surface area contributed by atoms with Crippen molar-refractivity contribution < 1.29 is 19.7 Å². The first-order valence-electron chi connectivity index (χ1n) is 5.34. The van der Waals surface area contributed by atoms with Gasteiger partial charge in [0.25, 0.3) is 0 Å². The second-order valence-electron chi connectivity index (χ2n) is 3.88. The van der Waals surface area contributed by atoms with Gasteiger partial charge in [-0.25, -0.2) is 4.79 Å². The average molecular weight is 242 g/mol. The molecule has 1 unspecified atom stereocenters. The van der Waals surface area contributed by atoms with Crippen LogP contribution in [0.15, 0.2) is 6.07 Å². The third kappa shape index (κ3) is 4.18. The maximum atomic E-state index is 10.8. The third-order valence-electron chi connectivity index (χ3n) is 2.36. The van der Waals surface area contributed by atoms with Gasteiger partial charge in [-0.15, -0.1) is 0 Å². The summed E-state index contributed by atoms with van der Waals surface area (Å²) in [4.78, 5) is 13.8. The van der Waals surface area contributed by atoms with Gasteiger partial charge in [-0.3, -0.25) is 0 Å². The molecule has 0 spiro atoms. The number of carboxylic acid groups (broad SMARTS) is 1. The molecule has 1 heterocycles. The number of H-pyrrole nitrogens is 1. The van der Waals surface area contributed by atoms with Crippen molar-refractivity contribution in [3.63, 3.8) is 0 Å². The van der Waals surface area contributed by atoms with Gasteiger partial charge in [0.2, 0.25) is 0 Å². The van der Waals surface area contributed by atoms with Crippen molar-refractivity contribution in [1.29, 1.82) is 0 Å². The number of carbonyl (C=O) groups is 1. The monoisotopic (exact) mass is 242 g/mol. The number of aliphatic hydroxyl groups is 1. The van der Waals surface area contributed by atoms with Crippen LogP contribution in [0.5, 0.6) is 0 Å². The molecule has 96 valence electrons. The van der Waals surface area contributed by atoms with E-state index in [-0.39, 0.29) is 12.2 Å². The average Bonchev–Trinajstić information content (AvgIpc) is 2.60. The molecule has 0 bridgehead atoms. The largest absolute Gasteiger partial charge is 0.478 e. The topological polar surface area (TPSA) is 94.6 Å². The highest BCUT2D eigenvalue weighted by molar-refractivity contribution is 5.89. The van der Waals surface area contributed by atoms with Gasteiger partial charge in [-0.05, 0) is 13.0 Å². The summed E-state index contributed by atoms with van der Waals surface area (Å²) in [7, 11) is 1.52. The standard InChI is InChI=1S/C11H18N2O4/c1-7-10(11(15)16)3-8(13-7)4-12-5-9(14)6-17-2/h3,9,12-14H,4-6H2,1-2H3,(H,15,16). The lowest BCUT2D eigenvalue weighted by molar-refractivity contribution is 0.0643. The van der Waals surface area contributed by atoms with Gasteiger partial charge in [0.1, 0.15) is 0 Å².